The quantitative estimate of drug-likeness (QED) is 0.859. The summed E-state index contributed by atoms with van der Waals surface area (Å²) >= 11 is 0. The van der Waals surface area contributed by atoms with Crippen LogP contribution in [0.15, 0.2) is 12.1 Å². The van der Waals surface area contributed by atoms with Gasteiger partial charge in [0.15, 0.2) is 11.6 Å². The lowest BCUT2D eigenvalue weighted by Gasteiger charge is -2.20. The molecular formula is C13H18F2N2. The van der Waals surface area contributed by atoms with Crippen molar-refractivity contribution in [1.82, 2.24) is 4.90 Å². The van der Waals surface area contributed by atoms with E-state index < -0.39 is 11.6 Å². The maximum Gasteiger partial charge on any atom is 0.163 e. The van der Waals surface area contributed by atoms with Crippen molar-refractivity contribution in [3.63, 3.8) is 0 Å². The fraction of sp³-hybridized carbons (Fsp3) is 0.538. The lowest BCUT2D eigenvalue weighted by Crippen LogP contribution is -2.21. The molecule has 1 aliphatic heterocycles. The Morgan fingerprint density at radius 3 is 2.71 bits per heavy atom. The topological polar surface area (TPSA) is 29.3 Å². The molecule has 1 aromatic carbocycles. The van der Waals surface area contributed by atoms with Gasteiger partial charge < -0.3 is 5.73 Å². The molecule has 94 valence electrons. The third kappa shape index (κ3) is 2.33. The first-order valence-electron chi connectivity index (χ1n) is 5.88. The smallest absolute Gasteiger partial charge is 0.163 e. The van der Waals surface area contributed by atoms with Gasteiger partial charge in [0.25, 0.3) is 0 Å². The van der Waals surface area contributed by atoms with E-state index in [0.29, 0.717) is 18.0 Å². The first-order chi connectivity index (χ1) is 8.02. The molecular weight excluding hydrogens is 222 g/mol. The van der Waals surface area contributed by atoms with Gasteiger partial charge in [0.1, 0.15) is 0 Å². The van der Waals surface area contributed by atoms with Gasteiger partial charge in [0.05, 0.1) is 0 Å². The number of rotatable bonds is 2. The van der Waals surface area contributed by atoms with Crippen molar-refractivity contribution in [3.05, 3.63) is 34.9 Å². The lowest BCUT2D eigenvalue weighted by molar-refractivity contribution is 0.303. The summed E-state index contributed by atoms with van der Waals surface area (Å²) in [6.07, 6.45) is 0.798. The molecule has 2 nitrogen and oxygen atoms in total. The van der Waals surface area contributed by atoms with Crippen LogP contribution in [0.3, 0.4) is 0 Å². The minimum absolute atomic E-state index is 0.0575. The zero-order valence-corrected chi connectivity index (χ0v) is 10.2. The van der Waals surface area contributed by atoms with Gasteiger partial charge in [-0.2, -0.15) is 0 Å². The van der Waals surface area contributed by atoms with E-state index in [-0.39, 0.29) is 6.04 Å². The predicted octanol–water partition coefficient (Wildman–Crippen LogP) is 2.22. The second kappa shape index (κ2) is 4.70. The molecule has 4 heteroatoms. The van der Waals surface area contributed by atoms with Crippen LogP contribution < -0.4 is 5.73 Å². The zero-order chi connectivity index (χ0) is 12.6. The average Bonchev–Trinajstić information content (AvgIpc) is 2.65. The molecule has 1 aliphatic rings. The Morgan fingerprint density at radius 1 is 1.41 bits per heavy atom. The molecule has 0 spiro atoms. The van der Waals surface area contributed by atoms with Crippen molar-refractivity contribution in [1.29, 1.82) is 0 Å². The molecule has 2 atom stereocenters. The Balaban J connectivity index is 2.34. The molecule has 0 bridgehead atoms. The summed E-state index contributed by atoms with van der Waals surface area (Å²) in [4.78, 5) is 2.05. The molecule has 1 fully saturated rings. The Hall–Kier alpha value is -1.00. The standard InChI is InChI=1S/C13H18F2N2/c1-8-3-10(13(15)11(14)4-8)12-5-9(6-16)7-17(12)2/h3-4,9,12H,5-7,16H2,1-2H3. The fourth-order valence-electron chi connectivity index (χ4n) is 2.63. The molecule has 1 heterocycles. The summed E-state index contributed by atoms with van der Waals surface area (Å²) in [7, 11) is 1.93. The third-order valence-electron chi connectivity index (χ3n) is 3.53. The lowest BCUT2D eigenvalue weighted by atomic mass is 9.98. The first-order valence-corrected chi connectivity index (χ1v) is 5.88. The summed E-state index contributed by atoms with van der Waals surface area (Å²) < 4.78 is 27.2. The summed E-state index contributed by atoms with van der Waals surface area (Å²) in [6.45, 7) is 3.22. The molecule has 2 N–H and O–H groups in total. The highest BCUT2D eigenvalue weighted by Crippen LogP contribution is 2.35. The minimum atomic E-state index is -0.760. The van der Waals surface area contributed by atoms with Gasteiger partial charge in [-0.15, -0.1) is 0 Å². The number of nitrogens with two attached hydrogens (primary N) is 1. The number of hydrogen-bond donors (Lipinski definition) is 1. The van der Waals surface area contributed by atoms with Crippen molar-refractivity contribution in [2.45, 2.75) is 19.4 Å². The van der Waals surface area contributed by atoms with Gasteiger partial charge in [-0.3, -0.25) is 4.90 Å². The van der Waals surface area contributed by atoms with Crippen LogP contribution in [0.5, 0.6) is 0 Å². The second-order valence-corrected chi connectivity index (χ2v) is 4.94. The van der Waals surface area contributed by atoms with Crippen LogP contribution >= 0.6 is 0 Å². The number of likely N-dealkylation sites (tertiary alicyclic amines) is 1. The van der Waals surface area contributed by atoms with Gasteiger partial charge >= 0.3 is 0 Å². The van der Waals surface area contributed by atoms with Gasteiger partial charge in [-0.1, -0.05) is 6.07 Å². The van der Waals surface area contributed by atoms with Crippen LogP contribution in [0.25, 0.3) is 0 Å². The van der Waals surface area contributed by atoms with Crippen molar-refractivity contribution in [2.75, 3.05) is 20.1 Å². The predicted molar refractivity (Wildman–Crippen MR) is 63.6 cm³/mol. The Labute approximate surface area is 100 Å². The third-order valence-corrected chi connectivity index (χ3v) is 3.53. The highest BCUT2D eigenvalue weighted by Gasteiger charge is 2.32. The first kappa shape index (κ1) is 12.5. The van der Waals surface area contributed by atoms with Crippen LogP contribution in [0.4, 0.5) is 8.78 Å². The van der Waals surface area contributed by atoms with E-state index in [9.17, 15) is 8.78 Å². The van der Waals surface area contributed by atoms with E-state index in [1.165, 1.54) is 6.07 Å². The molecule has 1 saturated heterocycles. The monoisotopic (exact) mass is 240 g/mol. The van der Waals surface area contributed by atoms with E-state index in [0.717, 1.165) is 18.5 Å². The van der Waals surface area contributed by atoms with Crippen LogP contribution in [-0.4, -0.2) is 25.0 Å². The number of aryl methyl sites for hydroxylation is 1. The number of benzene rings is 1. The van der Waals surface area contributed by atoms with E-state index in [4.69, 9.17) is 5.73 Å². The number of halogens is 2. The molecule has 0 amide bonds. The Kier molecular flexibility index (Phi) is 3.45. The van der Waals surface area contributed by atoms with Crippen LogP contribution in [0.2, 0.25) is 0 Å². The van der Waals surface area contributed by atoms with Crippen molar-refractivity contribution >= 4 is 0 Å². The van der Waals surface area contributed by atoms with Gasteiger partial charge in [-0.05, 0) is 44.5 Å². The fourth-order valence-corrected chi connectivity index (χ4v) is 2.63. The molecule has 0 aromatic heterocycles. The highest BCUT2D eigenvalue weighted by atomic mass is 19.2. The number of nitrogens with zero attached hydrogens (tertiary/aromatic N) is 1. The normalized spacial score (nSPS) is 25.5. The van der Waals surface area contributed by atoms with E-state index in [1.807, 2.05) is 7.05 Å². The second-order valence-electron chi connectivity index (χ2n) is 4.94. The van der Waals surface area contributed by atoms with E-state index in [2.05, 4.69) is 4.90 Å². The maximum atomic E-state index is 13.8. The minimum Gasteiger partial charge on any atom is -0.330 e. The van der Waals surface area contributed by atoms with Crippen molar-refractivity contribution in [2.24, 2.45) is 11.7 Å². The average molecular weight is 240 g/mol. The van der Waals surface area contributed by atoms with Crippen molar-refractivity contribution in [3.8, 4) is 0 Å². The van der Waals surface area contributed by atoms with Crippen LogP contribution in [0, 0.1) is 24.5 Å². The molecule has 0 saturated carbocycles. The molecule has 0 radical (unpaired) electrons. The van der Waals surface area contributed by atoms with E-state index in [1.54, 1.807) is 13.0 Å². The summed E-state index contributed by atoms with van der Waals surface area (Å²) in [5.41, 5.74) is 6.85. The molecule has 2 rings (SSSR count). The highest BCUT2D eigenvalue weighted by molar-refractivity contribution is 5.29. The molecule has 0 aliphatic carbocycles. The van der Waals surface area contributed by atoms with Gasteiger partial charge in [0, 0.05) is 18.2 Å². The van der Waals surface area contributed by atoms with Gasteiger partial charge in [-0.25, -0.2) is 8.78 Å². The summed E-state index contributed by atoms with van der Waals surface area (Å²) in [5, 5.41) is 0. The zero-order valence-electron chi connectivity index (χ0n) is 10.2. The summed E-state index contributed by atoms with van der Waals surface area (Å²) in [6, 6.07) is 2.91. The Morgan fingerprint density at radius 2 is 2.12 bits per heavy atom. The molecule has 17 heavy (non-hydrogen) atoms. The summed E-state index contributed by atoms with van der Waals surface area (Å²) in [5.74, 6) is -1.11. The van der Waals surface area contributed by atoms with E-state index >= 15 is 0 Å². The number of hydrogen-bond acceptors (Lipinski definition) is 2. The maximum absolute atomic E-state index is 13.8. The van der Waals surface area contributed by atoms with Crippen LogP contribution in [0.1, 0.15) is 23.6 Å². The molecule has 2 unspecified atom stereocenters. The Bertz CT molecular complexity index is 420. The largest absolute Gasteiger partial charge is 0.330 e. The van der Waals surface area contributed by atoms with Crippen LogP contribution in [-0.2, 0) is 0 Å². The SMILES string of the molecule is Cc1cc(F)c(F)c(C2CC(CN)CN2C)c1. The molecule has 1 aromatic rings. The van der Waals surface area contributed by atoms with Gasteiger partial charge in [0.2, 0.25) is 0 Å². The van der Waals surface area contributed by atoms with Crippen molar-refractivity contribution < 1.29 is 8.78 Å².